The zero-order valence-corrected chi connectivity index (χ0v) is 14.4. The summed E-state index contributed by atoms with van der Waals surface area (Å²) in [5.74, 6) is -1.23. The molecule has 0 radical (unpaired) electrons. The Bertz CT molecular complexity index is 612. The Morgan fingerprint density at radius 3 is 2.36 bits per heavy atom. The van der Waals surface area contributed by atoms with Gasteiger partial charge in [0.25, 0.3) is 0 Å². The summed E-state index contributed by atoms with van der Waals surface area (Å²) in [4.78, 5) is 28.0. The number of hydrogen-bond acceptors (Lipinski definition) is 3. The quantitative estimate of drug-likeness (QED) is 0.908. The lowest BCUT2D eigenvalue weighted by Crippen LogP contribution is -2.52. The largest absolute Gasteiger partial charge is 0.481 e. The summed E-state index contributed by atoms with van der Waals surface area (Å²) in [6.45, 7) is 2.55. The van der Waals surface area contributed by atoms with Crippen molar-refractivity contribution in [2.24, 2.45) is 5.92 Å². The second kappa shape index (κ2) is 7.95. The number of hydrogen-bond donors (Lipinski definition) is 1. The molecule has 3 rings (SSSR count). The molecular formula is C19H25FN2O3. The Balaban J connectivity index is 1.63. The summed E-state index contributed by atoms with van der Waals surface area (Å²) in [7, 11) is 0. The van der Waals surface area contributed by atoms with Gasteiger partial charge in [0.05, 0.1) is 12.0 Å². The van der Waals surface area contributed by atoms with Crippen LogP contribution in [0.4, 0.5) is 4.39 Å². The molecule has 1 aromatic carbocycles. The van der Waals surface area contributed by atoms with Gasteiger partial charge in [-0.15, -0.1) is 0 Å². The van der Waals surface area contributed by atoms with Crippen molar-refractivity contribution in [1.29, 1.82) is 0 Å². The molecule has 5 nitrogen and oxygen atoms in total. The Morgan fingerprint density at radius 1 is 1.04 bits per heavy atom. The maximum absolute atomic E-state index is 13.1. The van der Waals surface area contributed by atoms with Gasteiger partial charge in [0.1, 0.15) is 5.82 Å². The SMILES string of the molecule is O=C(O)C1CCN(C(=O)C2CCCCN2Cc2ccc(F)cc2)CC1. The van der Waals surface area contributed by atoms with Crippen LogP contribution in [0.2, 0.25) is 0 Å². The number of likely N-dealkylation sites (tertiary alicyclic amines) is 2. The molecule has 0 spiro atoms. The molecule has 2 fully saturated rings. The number of benzene rings is 1. The average molecular weight is 348 g/mol. The molecule has 0 aliphatic carbocycles. The zero-order valence-electron chi connectivity index (χ0n) is 14.4. The zero-order chi connectivity index (χ0) is 17.8. The van der Waals surface area contributed by atoms with Crippen molar-refractivity contribution in [2.75, 3.05) is 19.6 Å². The van der Waals surface area contributed by atoms with Gasteiger partial charge >= 0.3 is 5.97 Å². The molecule has 6 heteroatoms. The van der Waals surface area contributed by atoms with Gasteiger partial charge < -0.3 is 10.0 Å². The summed E-state index contributed by atoms with van der Waals surface area (Å²) in [6.07, 6.45) is 3.99. The Hall–Kier alpha value is -1.95. The van der Waals surface area contributed by atoms with E-state index in [4.69, 9.17) is 5.11 Å². The van der Waals surface area contributed by atoms with Gasteiger partial charge in [-0.3, -0.25) is 14.5 Å². The molecule has 0 aromatic heterocycles. The third-order valence-electron chi connectivity index (χ3n) is 5.35. The summed E-state index contributed by atoms with van der Waals surface area (Å²) >= 11 is 0. The monoisotopic (exact) mass is 348 g/mol. The van der Waals surface area contributed by atoms with Crippen molar-refractivity contribution < 1.29 is 19.1 Å². The molecule has 1 amide bonds. The molecule has 1 unspecified atom stereocenters. The van der Waals surface area contributed by atoms with E-state index in [9.17, 15) is 14.0 Å². The van der Waals surface area contributed by atoms with Crippen molar-refractivity contribution in [3.8, 4) is 0 Å². The third-order valence-corrected chi connectivity index (χ3v) is 5.35. The number of carbonyl (C=O) groups is 2. The molecule has 2 aliphatic heterocycles. The van der Waals surface area contributed by atoms with Crippen molar-refractivity contribution in [3.05, 3.63) is 35.6 Å². The van der Waals surface area contributed by atoms with E-state index in [2.05, 4.69) is 4.90 Å². The standard InChI is InChI=1S/C19H25FN2O3/c20-16-6-4-14(5-7-16)13-22-10-2-1-3-17(22)18(23)21-11-8-15(9-12-21)19(24)25/h4-7,15,17H,1-3,8-13H2,(H,24,25). The number of carboxylic acid groups (broad SMARTS) is 1. The van der Waals surface area contributed by atoms with E-state index in [1.807, 2.05) is 4.90 Å². The molecule has 2 heterocycles. The van der Waals surface area contributed by atoms with Crippen LogP contribution in [-0.4, -0.2) is 52.5 Å². The highest BCUT2D eigenvalue weighted by molar-refractivity contribution is 5.82. The first kappa shape index (κ1) is 17.9. The Morgan fingerprint density at radius 2 is 1.72 bits per heavy atom. The molecular weight excluding hydrogens is 323 g/mol. The molecule has 1 N–H and O–H groups in total. The molecule has 25 heavy (non-hydrogen) atoms. The third kappa shape index (κ3) is 4.37. The van der Waals surface area contributed by atoms with E-state index < -0.39 is 5.97 Å². The second-order valence-electron chi connectivity index (χ2n) is 7.05. The van der Waals surface area contributed by atoms with Crippen LogP contribution in [0.5, 0.6) is 0 Å². The molecule has 2 aliphatic rings. The first-order chi connectivity index (χ1) is 12.0. The van der Waals surface area contributed by atoms with Crippen LogP contribution in [0.3, 0.4) is 0 Å². The van der Waals surface area contributed by atoms with Gasteiger partial charge in [-0.1, -0.05) is 18.6 Å². The van der Waals surface area contributed by atoms with Gasteiger partial charge in [-0.25, -0.2) is 4.39 Å². The average Bonchev–Trinajstić information content (AvgIpc) is 2.63. The van der Waals surface area contributed by atoms with E-state index in [0.717, 1.165) is 31.4 Å². The van der Waals surface area contributed by atoms with Crippen LogP contribution in [0.1, 0.15) is 37.7 Å². The topological polar surface area (TPSA) is 60.9 Å². The van der Waals surface area contributed by atoms with Gasteiger partial charge in [0, 0.05) is 19.6 Å². The Kier molecular flexibility index (Phi) is 5.68. The van der Waals surface area contributed by atoms with Gasteiger partial charge in [-0.05, 0) is 49.9 Å². The van der Waals surface area contributed by atoms with Crippen molar-refractivity contribution >= 4 is 11.9 Å². The number of halogens is 1. The molecule has 136 valence electrons. The lowest BCUT2D eigenvalue weighted by atomic mass is 9.95. The summed E-state index contributed by atoms with van der Waals surface area (Å²) in [5.41, 5.74) is 1.01. The predicted octanol–water partition coefficient (Wildman–Crippen LogP) is 2.50. The van der Waals surface area contributed by atoms with Crippen LogP contribution in [0.15, 0.2) is 24.3 Å². The number of carboxylic acids is 1. The first-order valence-electron chi connectivity index (χ1n) is 9.04. The van der Waals surface area contributed by atoms with Crippen molar-refractivity contribution in [1.82, 2.24) is 9.80 Å². The predicted molar refractivity (Wildman–Crippen MR) is 91.4 cm³/mol. The number of rotatable bonds is 4. The molecule has 1 aromatic rings. The maximum atomic E-state index is 13.1. The van der Waals surface area contributed by atoms with E-state index in [1.54, 1.807) is 12.1 Å². The summed E-state index contributed by atoms with van der Waals surface area (Å²) in [5, 5.41) is 9.10. The lowest BCUT2D eigenvalue weighted by Gasteiger charge is -2.39. The number of aliphatic carboxylic acids is 1. The highest BCUT2D eigenvalue weighted by Crippen LogP contribution is 2.24. The minimum atomic E-state index is -0.761. The van der Waals surface area contributed by atoms with Crippen LogP contribution in [-0.2, 0) is 16.1 Å². The van der Waals surface area contributed by atoms with Crippen LogP contribution in [0, 0.1) is 11.7 Å². The highest BCUT2D eigenvalue weighted by atomic mass is 19.1. The van der Waals surface area contributed by atoms with Crippen LogP contribution < -0.4 is 0 Å². The highest BCUT2D eigenvalue weighted by Gasteiger charge is 2.34. The number of carbonyl (C=O) groups excluding carboxylic acids is 1. The summed E-state index contributed by atoms with van der Waals surface area (Å²) < 4.78 is 13.1. The van der Waals surface area contributed by atoms with Crippen molar-refractivity contribution in [2.45, 2.75) is 44.7 Å². The molecule has 0 saturated carbocycles. The van der Waals surface area contributed by atoms with Gasteiger partial charge in [-0.2, -0.15) is 0 Å². The fourth-order valence-corrected chi connectivity index (χ4v) is 3.84. The number of nitrogens with zero attached hydrogens (tertiary/aromatic N) is 2. The molecule has 1 atom stereocenters. The Labute approximate surface area is 147 Å². The summed E-state index contributed by atoms with van der Waals surface area (Å²) in [6, 6.07) is 6.29. The van der Waals surface area contributed by atoms with Crippen LogP contribution >= 0.6 is 0 Å². The van der Waals surface area contributed by atoms with Gasteiger partial charge in [0.15, 0.2) is 0 Å². The van der Waals surface area contributed by atoms with E-state index in [-0.39, 0.29) is 23.7 Å². The lowest BCUT2D eigenvalue weighted by molar-refractivity contribution is -0.147. The number of amides is 1. The van der Waals surface area contributed by atoms with E-state index in [1.165, 1.54) is 12.1 Å². The second-order valence-corrected chi connectivity index (χ2v) is 7.05. The van der Waals surface area contributed by atoms with Gasteiger partial charge in [0.2, 0.25) is 5.91 Å². The van der Waals surface area contributed by atoms with E-state index in [0.29, 0.717) is 32.5 Å². The number of piperidine rings is 2. The van der Waals surface area contributed by atoms with Crippen LogP contribution in [0.25, 0.3) is 0 Å². The maximum Gasteiger partial charge on any atom is 0.306 e. The minimum Gasteiger partial charge on any atom is -0.481 e. The smallest absolute Gasteiger partial charge is 0.306 e. The van der Waals surface area contributed by atoms with Crippen molar-refractivity contribution in [3.63, 3.8) is 0 Å². The molecule has 2 saturated heterocycles. The van der Waals surface area contributed by atoms with E-state index >= 15 is 0 Å². The fourth-order valence-electron chi connectivity index (χ4n) is 3.84. The first-order valence-corrected chi connectivity index (χ1v) is 9.04. The fraction of sp³-hybridized carbons (Fsp3) is 0.579. The molecule has 0 bridgehead atoms. The minimum absolute atomic E-state index is 0.116. The normalized spacial score (nSPS) is 22.8.